The lowest BCUT2D eigenvalue weighted by Gasteiger charge is -2.05. The van der Waals surface area contributed by atoms with Gasteiger partial charge >= 0.3 is 0 Å². The fraction of sp³-hybridized carbons (Fsp3) is 0.600. The molecule has 2 nitrogen and oxygen atoms in total. The van der Waals surface area contributed by atoms with Gasteiger partial charge in [0.2, 0.25) is 0 Å². The normalized spacial score (nSPS) is 10.8. The fourth-order valence-electron chi connectivity index (χ4n) is 1.22. The smallest absolute Gasteiger partial charge is 0.129 e. The lowest BCUT2D eigenvalue weighted by molar-refractivity contribution is 0.617. The molecule has 0 aliphatic carbocycles. The van der Waals surface area contributed by atoms with Gasteiger partial charge in [0.05, 0.1) is 11.6 Å². The van der Waals surface area contributed by atoms with Crippen molar-refractivity contribution in [2.45, 2.75) is 33.1 Å². The number of aromatic nitrogens is 2. The molecule has 0 aliphatic heterocycles. The first-order chi connectivity index (χ1) is 6.11. The summed E-state index contributed by atoms with van der Waals surface area (Å²) >= 11 is 5.72. The summed E-state index contributed by atoms with van der Waals surface area (Å²) in [5.74, 6) is 1.96. The van der Waals surface area contributed by atoms with Crippen LogP contribution in [0, 0.1) is 12.8 Å². The van der Waals surface area contributed by atoms with E-state index in [4.69, 9.17) is 11.6 Å². The Hall–Kier alpha value is -0.630. The number of alkyl halides is 1. The molecule has 0 aromatic carbocycles. The monoisotopic (exact) mass is 198 g/mol. The van der Waals surface area contributed by atoms with E-state index in [1.807, 2.05) is 13.0 Å². The average Bonchev–Trinajstić information content (AvgIpc) is 2.01. The Balaban J connectivity index is 2.88. The van der Waals surface area contributed by atoms with Crippen LogP contribution >= 0.6 is 11.6 Å². The van der Waals surface area contributed by atoms with Crippen LogP contribution in [0.4, 0.5) is 0 Å². The maximum absolute atomic E-state index is 5.72. The van der Waals surface area contributed by atoms with Crippen molar-refractivity contribution < 1.29 is 0 Å². The first-order valence-corrected chi connectivity index (χ1v) is 5.04. The van der Waals surface area contributed by atoms with Gasteiger partial charge in [0.25, 0.3) is 0 Å². The zero-order chi connectivity index (χ0) is 9.84. The summed E-state index contributed by atoms with van der Waals surface area (Å²) in [6, 6.07) is 1.93. The molecule has 0 saturated heterocycles. The van der Waals surface area contributed by atoms with Crippen molar-refractivity contribution in [1.82, 2.24) is 9.97 Å². The van der Waals surface area contributed by atoms with Crippen LogP contribution in [0.3, 0.4) is 0 Å². The van der Waals surface area contributed by atoms with E-state index >= 15 is 0 Å². The minimum absolute atomic E-state index is 0.467. The van der Waals surface area contributed by atoms with Gasteiger partial charge < -0.3 is 0 Å². The number of hydrogen-bond donors (Lipinski definition) is 0. The predicted octanol–water partition coefficient (Wildman–Crippen LogP) is 2.72. The summed E-state index contributed by atoms with van der Waals surface area (Å²) in [5.41, 5.74) is 1.92. The Morgan fingerprint density at radius 3 is 2.62 bits per heavy atom. The van der Waals surface area contributed by atoms with E-state index in [-0.39, 0.29) is 0 Å². The van der Waals surface area contributed by atoms with E-state index in [2.05, 4.69) is 23.8 Å². The van der Waals surface area contributed by atoms with Crippen molar-refractivity contribution in [2.24, 2.45) is 5.92 Å². The van der Waals surface area contributed by atoms with Crippen molar-refractivity contribution >= 4 is 11.6 Å². The Morgan fingerprint density at radius 1 is 1.38 bits per heavy atom. The predicted molar refractivity (Wildman–Crippen MR) is 54.9 cm³/mol. The number of hydrogen-bond acceptors (Lipinski definition) is 2. The highest BCUT2D eigenvalue weighted by Gasteiger charge is 2.03. The van der Waals surface area contributed by atoms with Gasteiger partial charge in [0, 0.05) is 12.1 Å². The van der Waals surface area contributed by atoms with Crippen molar-refractivity contribution in [2.75, 3.05) is 0 Å². The highest BCUT2D eigenvalue weighted by Crippen LogP contribution is 2.07. The molecule has 0 amide bonds. The molecular weight excluding hydrogens is 184 g/mol. The molecule has 13 heavy (non-hydrogen) atoms. The van der Waals surface area contributed by atoms with Crippen LogP contribution in [0.5, 0.6) is 0 Å². The van der Waals surface area contributed by atoms with E-state index in [1.165, 1.54) is 0 Å². The molecule has 1 aromatic heterocycles. The molecule has 1 heterocycles. The Kier molecular flexibility index (Phi) is 3.67. The number of rotatable bonds is 3. The van der Waals surface area contributed by atoms with Gasteiger partial charge in [-0.05, 0) is 18.9 Å². The third kappa shape index (κ3) is 3.31. The van der Waals surface area contributed by atoms with Gasteiger partial charge in [-0.3, -0.25) is 0 Å². The third-order valence-electron chi connectivity index (χ3n) is 1.68. The molecular formula is C10H15ClN2. The summed E-state index contributed by atoms with van der Waals surface area (Å²) < 4.78 is 0. The van der Waals surface area contributed by atoms with Gasteiger partial charge in [-0.1, -0.05) is 13.8 Å². The van der Waals surface area contributed by atoms with Gasteiger partial charge in [-0.25, -0.2) is 9.97 Å². The average molecular weight is 199 g/mol. The summed E-state index contributed by atoms with van der Waals surface area (Å²) in [5, 5.41) is 0. The van der Waals surface area contributed by atoms with E-state index in [0.29, 0.717) is 11.8 Å². The molecule has 0 atom stereocenters. The number of nitrogens with zero attached hydrogens (tertiary/aromatic N) is 2. The summed E-state index contributed by atoms with van der Waals surface area (Å²) in [6.45, 7) is 6.29. The second-order valence-electron chi connectivity index (χ2n) is 3.65. The first-order valence-electron chi connectivity index (χ1n) is 4.51. The molecule has 0 bridgehead atoms. The van der Waals surface area contributed by atoms with Crippen LogP contribution in [0.1, 0.15) is 31.1 Å². The van der Waals surface area contributed by atoms with Crippen LogP contribution in [0.25, 0.3) is 0 Å². The summed E-state index contributed by atoms with van der Waals surface area (Å²) in [6.07, 6.45) is 0.922. The van der Waals surface area contributed by atoms with Crippen LogP contribution in [-0.4, -0.2) is 9.97 Å². The highest BCUT2D eigenvalue weighted by atomic mass is 35.5. The molecule has 0 unspecified atom stereocenters. The zero-order valence-electron chi connectivity index (χ0n) is 8.34. The maximum Gasteiger partial charge on any atom is 0.129 e. The van der Waals surface area contributed by atoms with E-state index in [1.54, 1.807) is 0 Å². The Bertz CT molecular complexity index is 284. The Labute approximate surface area is 84.4 Å². The second-order valence-corrected chi connectivity index (χ2v) is 3.92. The molecule has 0 saturated carbocycles. The van der Waals surface area contributed by atoms with E-state index < -0.39 is 0 Å². The molecule has 0 aliphatic rings. The van der Waals surface area contributed by atoms with Crippen molar-refractivity contribution in [1.29, 1.82) is 0 Å². The van der Waals surface area contributed by atoms with Gasteiger partial charge in [0.1, 0.15) is 5.82 Å². The van der Waals surface area contributed by atoms with Crippen molar-refractivity contribution in [3.63, 3.8) is 0 Å². The molecule has 3 heteroatoms. The molecule has 72 valence electrons. The lowest BCUT2D eigenvalue weighted by atomic mass is 10.1. The molecule has 1 rings (SSSR count). The topological polar surface area (TPSA) is 25.8 Å². The molecule has 1 aromatic rings. The Morgan fingerprint density at radius 2 is 2.08 bits per heavy atom. The maximum atomic E-state index is 5.72. The van der Waals surface area contributed by atoms with Gasteiger partial charge in [0.15, 0.2) is 0 Å². The van der Waals surface area contributed by atoms with Crippen LogP contribution < -0.4 is 0 Å². The van der Waals surface area contributed by atoms with Crippen molar-refractivity contribution in [3.05, 3.63) is 23.3 Å². The molecule has 0 N–H and O–H groups in total. The van der Waals surface area contributed by atoms with Crippen LogP contribution in [0.2, 0.25) is 0 Å². The van der Waals surface area contributed by atoms with Gasteiger partial charge in [-0.15, -0.1) is 11.6 Å². The minimum Gasteiger partial charge on any atom is -0.238 e. The largest absolute Gasteiger partial charge is 0.238 e. The van der Waals surface area contributed by atoms with Gasteiger partial charge in [-0.2, -0.15) is 0 Å². The first kappa shape index (κ1) is 10.5. The quantitative estimate of drug-likeness (QED) is 0.698. The number of halogens is 1. The third-order valence-corrected chi connectivity index (χ3v) is 1.96. The van der Waals surface area contributed by atoms with E-state index in [9.17, 15) is 0 Å². The lowest BCUT2D eigenvalue weighted by Crippen LogP contribution is -2.04. The molecule has 0 fully saturated rings. The molecule has 0 radical (unpaired) electrons. The summed E-state index contributed by atoms with van der Waals surface area (Å²) in [4.78, 5) is 8.70. The zero-order valence-corrected chi connectivity index (χ0v) is 9.10. The van der Waals surface area contributed by atoms with Crippen LogP contribution in [0.15, 0.2) is 6.07 Å². The van der Waals surface area contributed by atoms with Crippen molar-refractivity contribution in [3.8, 4) is 0 Å². The SMILES string of the molecule is Cc1cc(CCl)nc(CC(C)C)n1. The summed E-state index contributed by atoms with van der Waals surface area (Å²) in [7, 11) is 0. The van der Waals surface area contributed by atoms with E-state index in [0.717, 1.165) is 23.6 Å². The fourth-order valence-corrected chi connectivity index (χ4v) is 1.36. The second kappa shape index (κ2) is 4.56. The number of aryl methyl sites for hydroxylation is 1. The molecule has 0 spiro atoms. The standard InChI is InChI=1S/C10H15ClN2/c1-7(2)4-10-12-8(3)5-9(6-11)13-10/h5,7H,4,6H2,1-3H3. The minimum atomic E-state index is 0.467. The van der Waals surface area contributed by atoms with Crippen LogP contribution in [-0.2, 0) is 12.3 Å². The highest BCUT2D eigenvalue weighted by molar-refractivity contribution is 6.16.